The monoisotopic (exact) mass is 435 g/mol. The minimum Gasteiger partial charge on any atom is -0.493 e. The maximum Gasteiger partial charge on any atom is 0.256 e. The lowest BCUT2D eigenvalue weighted by Crippen LogP contribution is -2.03. The standard InChI is InChI=1S/C23H18BrNO3/c1-27-21-13-16(11-18-17-9-5-6-10-20(17)25-23(18)26)12-19(24)22(21)28-14-15-7-3-2-4-8-15/h2-13H,14H2,1H3,(H,25,26)/b18-11-. The lowest BCUT2D eigenvalue weighted by Gasteiger charge is -2.14. The lowest BCUT2D eigenvalue weighted by atomic mass is 10.0. The molecule has 0 aliphatic carbocycles. The molecule has 0 saturated carbocycles. The van der Waals surface area contributed by atoms with Crippen molar-refractivity contribution in [3.8, 4) is 11.5 Å². The number of carbonyl (C=O) groups excluding carboxylic acids is 1. The number of benzene rings is 3. The second-order valence-electron chi connectivity index (χ2n) is 6.37. The third-order valence-corrected chi connectivity index (χ3v) is 5.09. The Bertz CT molecular complexity index is 1060. The first-order chi connectivity index (χ1) is 13.7. The minimum absolute atomic E-state index is 0.110. The Morgan fingerprint density at radius 1 is 1.04 bits per heavy atom. The number of halogens is 1. The van der Waals surface area contributed by atoms with Crippen molar-refractivity contribution in [3.63, 3.8) is 0 Å². The molecule has 0 radical (unpaired) electrons. The zero-order valence-electron chi connectivity index (χ0n) is 15.2. The van der Waals surface area contributed by atoms with Gasteiger partial charge in [-0.15, -0.1) is 0 Å². The van der Waals surface area contributed by atoms with Gasteiger partial charge < -0.3 is 14.8 Å². The lowest BCUT2D eigenvalue weighted by molar-refractivity contribution is -0.110. The molecule has 28 heavy (non-hydrogen) atoms. The van der Waals surface area contributed by atoms with Crippen molar-refractivity contribution in [1.29, 1.82) is 0 Å². The molecule has 3 aromatic rings. The highest BCUT2D eigenvalue weighted by atomic mass is 79.9. The Labute approximate surface area is 171 Å². The number of rotatable bonds is 5. The summed E-state index contributed by atoms with van der Waals surface area (Å²) in [4.78, 5) is 12.4. The highest BCUT2D eigenvalue weighted by Crippen LogP contribution is 2.39. The molecule has 3 aromatic carbocycles. The van der Waals surface area contributed by atoms with Gasteiger partial charge in [0, 0.05) is 16.8 Å². The fourth-order valence-electron chi connectivity index (χ4n) is 3.14. The van der Waals surface area contributed by atoms with Crippen molar-refractivity contribution in [3.05, 3.63) is 87.9 Å². The number of ether oxygens (including phenoxy) is 2. The summed E-state index contributed by atoms with van der Waals surface area (Å²) < 4.78 is 12.3. The Morgan fingerprint density at radius 2 is 1.79 bits per heavy atom. The molecule has 1 N–H and O–H groups in total. The third-order valence-electron chi connectivity index (χ3n) is 4.50. The van der Waals surface area contributed by atoms with Crippen LogP contribution in [0.1, 0.15) is 16.7 Å². The van der Waals surface area contributed by atoms with E-state index in [1.54, 1.807) is 7.11 Å². The highest BCUT2D eigenvalue weighted by Gasteiger charge is 2.23. The van der Waals surface area contributed by atoms with Gasteiger partial charge in [-0.1, -0.05) is 48.5 Å². The van der Waals surface area contributed by atoms with Gasteiger partial charge in [0.05, 0.1) is 11.6 Å². The second-order valence-corrected chi connectivity index (χ2v) is 7.22. The van der Waals surface area contributed by atoms with Crippen molar-refractivity contribution in [2.24, 2.45) is 0 Å². The molecule has 0 bridgehead atoms. The van der Waals surface area contributed by atoms with E-state index in [0.29, 0.717) is 23.7 Å². The van der Waals surface area contributed by atoms with Crippen LogP contribution in [0.25, 0.3) is 11.6 Å². The summed E-state index contributed by atoms with van der Waals surface area (Å²) in [6, 6.07) is 21.4. The molecular weight excluding hydrogens is 418 g/mol. The predicted molar refractivity (Wildman–Crippen MR) is 114 cm³/mol. The first-order valence-corrected chi connectivity index (χ1v) is 9.61. The van der Waals surface area contributed by atoms with Gasteiger partial charge in [-0.25, -0.2) is 0 Å². The van der Waals surface area contributed by atoms with Gasteiger partial charge in [-0.05, 0) is 51.3 Å². The van der Waals surface area contributed by atoms with Crippen LogP contribution in [0.2, 0.25) is 0 Å². The van der Waals surface area contributed by atoms with E-state index in [1.165, 1.54) is 0 Å². The Morgan fingerprint density at radius 3 is 2.57 bits per heavy atom. The van der Waals surface area contributed by atoms with Crippen LogP contribution >= 0.6 is 15.9 Å². The van der Waals surface area contributed by atoms with Crippen LogP contribution < -0.4 is 14.8 Å². The number of fused-ring (bicyclic) bond motifs is 1. The molecule has 1 heterocycles. The SMILES string of the molecule is COc1cc(/C=C2\C(=O)Nc3ccccc32)cc(Br)c1OCc1ccccc1. The van der Waals surface area contributed by atoms with Crippen LogP contribution in [0.4, 0.5) is 5.69 Å². The third kappa shape index (κ3) is 3.66. The first-order valence-electron chi connectivity index (χ1n) is 8.82. The number of methoxy groups -OCH3 is 1. The van der Waals surface area contributed by atoms with Gasteiger partial charge in [0.25, 0.3) is 5.91 Å². The van der Waals surface area contributed by atoms with E-state index in [9.17, 15) is 4.79 Å². The van der Waals surface area contributed by atoms with Gasteiger partial charge >= 0.3 is 0 Å². The number of para-hydroxylation sites is 1. The normalized spacial score (nSPS) is 13.9. The van der Waals surface area contributed by atoms with Gasteiger partial charge in [0.1, 0.15) is 6.61 Å². The van der Waals surface area contributed by atoms with E-state index >= 15 is 0 Å². The molecule has 1 amide bonds. The van der Waals surface area contributed by atoms with E-state index < -0.39 is 0 Å². The highest BCUT2D eigenvalue weighted by molar-refractivity contribution is 9.10. The maximum absolute atomic E-state index is 12.4. The summed E-state index contributed by atoms with van der Waals surface area (Å²) in [5.74, 6) is 1.12. The summed E-state index contributed by atoms with van der Waals surface area (Å²) in [6.45, 7) is 0.437. The van der Waals surface area contributed by atoms with Crippen LogP contribution in [-0.4, -0.2) is 13.0 Å². The zero-order chi connectivity index (χ0) is 19.5. The van der Waals surface area contributed by atoms with Crippen LogP contribution in [0.15, 0.2) is 71.2 Å². The van der Waals surface area contributed by atoms with Gasteiger partial charge in [0.2, 0.25) is 0 Å². The molecule has 1 aliphatic heterocycles. The van der Waals surface area contributed by atoms with E-state index in [0.717, 1.165) is 26.9 Å². The number of carbonyl (C=O) groups is 1. The van der Waals surface area contributed by atoms with Gasteiger partial charge in [-0.2, -0.15) is 0 Å². The summed E-state index contributed by atoms with van der Waals surface area (Å²) >= 11 is 3.57. The zero-order valence-corrected chi connectivity index (χ0v) is 16.8. The number of anilines is 1. The van der Waals surface area contributed by atoms with Crippen molar-refractivity contribution < 1.29 is 14.3 Å². The molecule has 4 rings (SSSR count). The Kier molecular flexibility index (Phi) is 5.17. The summed E-state index contributed by atoms with van der Waals surface area (Å²) in [5.41, 5.74) is 4.27. The van der Waals surface area contributed by atoms with Crippen LogP contribution in [-0.2, 0) is 11.4 Å². The first kappa shape index (κ1) is 18.3. The number of hydrogen-bond acceptors (Lipinski definition) is 3. The molecule has 0 spiro atoms. The number of hydrogen-bond donors (Lipinski definition) is 1. The molecule has 0 aromatic heterocycles. The molecule has 140 valence electrons. The molecule has 1 aliphatic rings. The average Bonchev–Trinajstić information content (AvgIpc) is 3.03. The summed E-state index contributed by atoms with van der Waals surface area (Å²) in [7, 11) is 1.60. The van der Waals surface area contributed by atoms with Crippen LogP contribution in [0.3, 0.4) is 0 Å². The second kappa shape index (κ2) is 7.90. The van der Waals surface area contributed by atoms with E-state index in [1.807, 2.05) is 72.8 Å². The quantitative estimate of drug-likeness (QED) is 0.535. The van der Waals surface area contributed by atoms with Gasteiger partial charge in [-0.3, -0.25) is 4.79 Å². The molecule has 0 saturated heterocycles. The number of amides is 1. The van der Waals surface area contributed by atoms with Crippen molar-refractivity contribution in [2.75, 3.05) is 12.4 Å². The Balaban J connectivity index is 1.65. The van der Waals surface area contributed by atoms with E-state index in [2.05, 4.69) is 21.2 Å². The maximum atomic E-state index is 12.4. The van der Waals surface area contributed by atoms with Crippen molar-refractivity contribution >= 4 is 39.2 Å². The average molecular weight is 436 g/mol. The van der Waals surface area contributed by atoms with Crippen LogP contribution in [0.5, 0.6) is 11.5 Å². The van der Waals surface area contributed by atoms with Gasteiger partial charge in [0.15, 0.2) is 11.5 Å². The fraction of sp³-hybridized carbons (Fsp3) is 0.0870. The topological polar surface area (TPSA) is 47.6 Å². The smallest absolute Gasteiger partial charge is 0.256 e. The molecule has 5 heteroatoms. The predicted octanol–water partition coefficient (Wildman–Crippen LogP) is 5.53. The van der Waals surface area contributed by atoms with Crippen molar-refractivity contribution in [1.82, 2.24) is 0 Å². The fourth-order valence-corrected chi connectivity index (χ4v) is 3.72. The molecule has 0 atom stereocenters. The minimum atomic E-state index is -0.110. The van der Waals surface area contributed by atoms with Crippen molar-refractivity contribution in [2.45, 2.75) is 6.61 Å². The molecule has 0 unspecified atom stereocenters. The Hall–Kier alpha value is -3.05. The van der Waals surface area contributed by atoms with E-state index in [-0.39, 0.29) is 5.91 Å². The van der Waals surface area contributed by atoms with Crippen LogP contribution in [0, 0.1) is 0 Å². The largest absolute Gasteiger partial charge is 0.493 e. The molecule has 0 fully saturated rings. The summed E-state index contributed by atoms with van der Waals surface area (Å²) in [6.07, 6.45) is 1.86. The molecule has 4 nitrogen and oxygen atoms in total. The molecular formula is C23H18BrNO3. The number of nitrogens with one attached hydrogen (secondary N) is 1. The van der Waals surface area contributed by atoms with E-state index in [4.69, 9.17) is 9.47 Å². The summed E-state index contributed by atoms with van der Waals surface area (Å²) in [5, 5.41) is 2.89.